The minimum atomic E-state index is -0.590. The highest BCUT2D eigenvalue weighted by atomic mass is 16.3. The maximum absolute atomic E-state index is 12.3. The lowest BCUT2D eigenvalue weighted by atomic mass is 10.1. The number of nitrogens with zero attached hydrogens (tertiary/aromatic N) is 1. The van der Waals surface area contributed by atoms with E-state index in [0.717, 1.165) is 28.9 Å². The van der Waals surface area contributed by atoms with Crippen molar-refractivity contribution in [2.45, 2.75) is 25.1 Å². The van der Waals surface area contributed by atoms with E-state index in [1.807, 2.05) is 62.6 Å². The van der Waals surface area contributed by atoms with Crippen LogP contribution < -0.4 is 10.6 Å². The van der Waals surface area contributed by atoms with Crippen molar-refractivity contribution in [2.75, 3.05) is 19.4 Å². The van der Waals surface area contributed by atoms with Gasteiger partial charge in [0.25, 0.3) is 0 Å². The molecule has 126 valence electrons. The number of urea groups is 1. The molecule has 1 aliphatic rings. The van der Waals surface area contributed by atoms with Crippen molar-refractivity contribution in [3.63, 3.8) is 0 Å². The van der Waals surface area contributed by atoms with Crippen molar-refractivity contribution in [2.24, 2.45) is 0 Å². The lowest BCUT2D eigenvalue weighted by Gasteiger charge is -2.18. The summed E-state index contributed by atoms with van der Waals surface area (Å²) in [5.74, 6) is 0. The molecule has 2 amide bonds. The Morgan fingerprint density at radius 3 is 2.79 bits per heavy atom. The largest absolute Gasteiger partial charge is 0.390 e. The zero-order chi connectivity index (χ0) is 17.1. The monoisotopic (exact) mass is 325 g/mol. The zero-order valence-corrected chi connectivity index (χ0v) is 14.0. The van der Waals surface area contributed by atoms with Crippen molar-refractivity contribution in [1.82, 2.24) is 10.2 Å². The molecule has 3 rings (SSSR count). The highest BCUT2D eigenvalue weighted by Gasteiger charge is 2.31. The number of amides is 2. The summed E-state index contributed by atoms with van der Waals surface area (Å²) < 4.78 is 0. The number of aliphatic hydroxyl groups excluding tert-OH is 1. The van der Waals surface area contributed by atoms with Crippen molar-refractivity contribution < 1.29 is 9.90 Å². The molecule has 3 N–H and O–H groups in total. The third kappa shape index (κ3) is 3.75. The van der Waals surface area contributed by atoms with Gasteiger partial charge in [0.1, 0.15) is 0 Å². The van der Waals surface area contributed by atoms with Gasteiger partial charge >= 0.3 is 6.03 Å². The summed E-state index contributed by atoms with van der Waals surface area (Å²) >= 11 is 0. The highest BCUT2D eigenvalue weighted by molar-refractivity contribution is 5.89. The van der Waals surface area contributed by atoms with Crippen LogP contribution in [0.4, 0.5) is 10.5 Å². The molecule has 0 bridgehead atoms. The molecule has 5 nitrogen and oxygen atoms in total. The van der Waals surface area contributed by atoms with Crippen LogP contribution >= 0.6 is 0 Å². The smallest absolute Gasteiger partial charge is 0.319 e. The number of hydrogen-bond acceptors (Lipinski definition) is 3. The Morgan fingerprint density at radius 2 is 2.00 bits per heavy atom. The predicted octanol–water partition coefficient (Wildman–Crippen LogP) is 2.53. The van der Waals surface area contributed by atoms with E-state index in [1.165, 1.54) is 0 Å². The third-order valence-corrected chi connectivity index (χ3v) is 4.17. The number of aliphatic hydroxyl groups is 1. The Balaban J connectivity index is 1.66. The van der Waals surface area contributed by atoms with E-state index in [1.54, 1.807) is 0 Å². The minimum Gasteiger partial charge on any atom is -0.390 e. The number of fused-ring (bicyclic) bond motifs is 1. The summed E-state index contributed by atoms with van der Waals surface area (Å²) in [6.07, 6.45) is -0.0207. The molecule has 0 aromatic heterocycles. The first-order chi connectivity index (χ1) is 11.5. The maximum Gasteiger partial charge on any atom is 0.319 e. The van der Waals surface area contributed by atoms with Crippen LogP contribution in [0, 0.1) is 0 Å². The molecule has 0 unspecified atom stereocenters. The van der Waals surface area contributed by atoms with Gasteiger partial charge in [-0.1, -0.05) is 36.4 Å². The summed E-state index contributed by atoms with van der Waals surface area (Å²) in [6.45, 7) is 0.811. The van der Waals surface area contributed by atoms with E-state index in [0.29, 0.717) is 6.42 Å². The van der Waals surface area contributed by atoms with Gasteiger partial charge in [0.15, 0.2) is 0 Å². The van der Waals surface area contributed by atoms with Gasteiger partial charge in [-0.2, -0.15) is 0 Å². The third-order valence-electron chi connectivity index (χ3n) is 4.17. The first-order valence-electron chi connectivity index (χ1n) is 8.10. The van der Waals surface area contributed by atoms with Crippen molar-refractivity contribution in [1.29, 1.82) is 0 Å². The molecule has 2 aromatic rings. The fourth-order valence-corrected chi connectivity index (χ4v) is 3.17. The van der Waals surface area contributed by atoms with Crippen LogP contribution in [0.15, 0.2) is 48.5 Å². The molecule has 2 atom stereocenters. The Hall–Kier alpha value is -2.37. The van der Waals surface area contributed by atoms with Gasteiger partial charge in [0.2, 0.25) is 0 Å². The van der Waals surface area contributed by atoms with Crippen molar-refractivity contribution >= 4 is 11.7 Å². The van der Waals surface area contributed by atoms with E-state index in [2.05, 4.69) is 15.5 Å². The number of carbonyl (C=O) groups is 1. The predicted molar refractivity (Wildman–Crippen MR) is 94.9 cm³/mol. The number of anilines is 1. The van der Waals surface area contributed by atoms with E-state index >= 15 is 0 Å². The lowest BCUT2D eigenvalue weighted by Crippen LogP contribution is -2.36. The molecule has 2 aromatic carbocycles. The second kappa shape index (κ2) is 7.03. The zero-order valence-electron chi connectivity index (χ0n) is 14.0. The number of carbonyl (C=O) groups excluding carboxylic acids is 1. The molecule has 0 aliphatic heterocycles. The number of hydrogen-bond donors (Lipinski definition) is 3. The Morgan fingerprint density at radius 1 is 1.21 bits per heavy atom. The van der Waals surface area contributed by atoms with Gasteiger partial charge < -0.3 is 20.6 Å². The number of nitrogens with one attached hydrogen (secondary N) is 2. The summed E-state index contributed by atoms with van der Waals surface area (Å²) in [5, 5.41) is 16.0. The summed E-state index contributed by atoms with van der Waals surface area (Å²) in [7, 11) is 4.01. The van der Waals surface area contributed by atoms with Gasteiger partial charge in [0, 0.05) is 18.7 Å². The van der Waals surface area contributed by atoms with E-state index < -0.39 is 6.10 Å². The fraction of sp³-hybridized carbons (Fsp3) is 0.316. The van der Waals surface area contributed by atoms with Crippen LogP contribution in [-0.2, 0) is 13.0 Å². The molecule has 0 saturated heterocycles. The molecule has 5 heteroatoms. The van der Waals surface area contributed by atoms with Crippen molar-refractivity contribution in [3.8, 4) is 0 Å². The van der Waals surface area contributed by atoms with Gasteiger partial charge in [-0.05, 0) is 42.9 Å². The maximum atomic E-state index is 12.3. The topological polar surface area (TPSA) is 64.6 Å². The standard InChI is InChI=1S/C19H23N3O2/c1-22(2)12-13-6-5-8-15(10-13)20-19(24)21-18-16-9-4-3-7-14(16)11-17(18)23/h3-10,17-18,23H,11-12H2,1-2H3,(H2,20,21,24)/t17-,18+/m0/s1. The normalized spacial score (nSPS) is 19.2. The number of benzene rings is 2. The lowest BCUT2D eigenvalue weighted by molar-refractivity contribution is 0.144. The molecular weight excluding hydrogens is 302 g/mol. The molecule has 1 aliphatic carbocycles. The van der Waals surface area contributed by atoms with Crippen LogP contribution in [0.3, 0.4) is 0 Å². The Kier molecular flexibility index (Phi) is 4.83. The van der Waals surface area contributed by atoms with Gasteiger partial charge in [-0.15, -0.1) is 0 Å². The van der Waals surface area contributed by atoms with Crippen LogP contribution in [0.1, 0.15) is 22.7 Å². The second-order valence-electron chi connectivity index (χ2n) is 6.48. The summed E-state index contributed by atoms with van der Waals surface area (Å²) in [6, 6.07) is 14.9. The summed E-state index contributed by atoms with van der Waals surface area (Å²) in [5.41, 5.74) is 3.95. The average Bonchev–Trinajstić information content (AvgIpc) is 2.83. The fourth-order valence-electron chi connectivity index (χ4n) is 3.17. The second-order valence-corrected chi connectivity index (χ2v) is 6.48. The van der Waals surface area contributed by atoms with Crippen LogP contribution in [0.5, 0.6) is 0 Å². The molecule has 24 heavy (non-hydrogen) atoms. The Bertz CT molecular complexity index is 730. The average molecular weight is 325 g/mol. The van der Waals surface area contributed by atoms with Crippen LogP contribution in [-0.4, -0.2) is 36.2 Å². The summed E-state index contributed by atoms with van der Waals surface area (Å²) in [4.78, 5) is 14.4. The van der Waals surface area contributed by atoms with Gasteiger partial charge in [0.05, 0.1) is 12.1 Å². The van der Waals surface area contributed by atoms with Crippen LogP contribution in [0.25, 0.3) is 0 Å². The van der Waals surface area contributed by atoms with Crippen LogP contribution in [0.2, 0.25) is 0 Å². The molecular formula is C19H23N3O2. The van der Waals surface area contributed by atoms with Crippen molar-refractivity contribution in [3.05, 3.63) is 65.2 Å². The molecule has 0 radical (unpaired) electrons. The van der Waals surface area contributed by atoms with E-state index in [4.69, 9.17) is 0 Å². The highest BCUT2D eigenvalue weighted by Crippen LogP contribution is 2.31. The quantitative estimate of drug-likeness (QED) is 0.809. The SMILES string of the molecule is CN(C)Cc1cccc(NC(=O)N[C@@H]2c3ccccc3C[C@@H]2O)c1. The Labute approximate surface area is 142 Å². The first-order valence-corrected chi connectivity index (χ1v) is 8.10. The molecule has 0 saturated carbocycles. The van der Waals surface area contributed by atoms with E-state index in [-0.39, 0.29) is 12.1 Å². The first kappa shape index (κ1) is 16.5. The molecule has 0 fully saturated rings. The van der Waals surface area contributed by atoms with Gasteiger partial charge in [-0.3, -0.25) is 0 Å². The number of rotatable bonds is 4. The molecule has 0 heterocycles. The van der Waals surface area contributed by atoms with E-state index in [9.17, 15) is 9.90 Å². The van der Waals surface area contributed by atoms with Gasteiger partial charge in [-0.25, -0.2) is 4.79 Å². The molecule has 0 spiro atoms. The minimum absolute atomic E-state index is 0.308.